The Kier molecular flexibility index (Phi) is 3.05. The molecule has 0 amide bonds. The van der Waals surface area contributed by atoms with E-state index < -0.39 is 0 Å². The number of anilines is 2. The Balaban J connectivity index is 1.82. The van der Waals surface area contributed by atoms with Crippen molar-refractivity contribution in [2.24, 2.45) is 0 Å². The summed E-state index contributed by atoms with van der Waals surface area (Å²) in [4.78, 5) is 0. The van der Waals surface area contributed by atoms with Crippen LogP contribution in [-0.4, -0.2) is 0 Å². The molecule has 0 spiro atoms. The number of benzene rings is 4. The minimum absolute atomic E-state index is 1.12. The third-order valence-electron chi connectivity index (χ3n) is 4.09. The largest absolute Gasteiger partial charge is 0.356 e. The van der Waals surface area contributed by atoms with Crippen LogP contribution in [0.5, 0.6) is 0 Å². The molecule has 4 aromatic carbocycles. The zero-order valence-electron chi connectivity index (χ0n) is 12.5. The van der Waals surface area contributed by atoms with Crippen molar-refractivity contribution in [3.63, 3.8) is 0 Å². The maximum absolute atomic E-state index is 3.49. The number of hydrogen-bond donors (Lipinski definition) is 1. The Morgan fingerprint density at radius 1 is 0.591 bits per heavy atom. The number of aryl methyl sites for hydroxylation is 1. The molecule has 0 bridgehead atoms. The third-order valence-corrected chi connectivity index (χ3v) is 4.09. The van der Waals surface area contributed by atoms with Gasteiger partial charge in [-0.05, 0) is 52.7 Å². The van der Waals surface area contributed by atoms with Crippen LogP contribution in [-0.2, 0) is 0 Å². The molecular formula is C21H17N. The summed E-state index contributed by atoms with van der Waals surface area (Å²) in [7, 11) is 0. The lowest BCUT2D eigenvalue weighted by molar-refractivity contribution is 1.46. The second-order valence-electron chi connectivity index (χ2n) is 5.71. The second-order valence-corrected chi connectivity index (χ2v) is 5.71. The van der Waals surface area contributed by atoms with E-state index in [2.05, 4.69) is 91.1 Å². The third kappa shape index (κ3) is 2.31. The zero-order chi connectivity index (χ0) is 14.9. The van der Waals surface area contributed by atoms with Crippen LogP contribution in [0.15, 0.2) is 78.9 Å². The van der Waals surface area contributed by atoms with Crippen LogP contribution in [0.2, 0.25) is 0 Å². The van der Waals surface area contributed by atoms with Gasteiger partial charge in [-0.2, -0.15) is 0 Å². The lowest BCUT2D eigenvalue weighted by Gasteiger charge is -2.10. The van der Waals surface area contributed by atoms with Gasteiger partial charge in [0.15, 0.2) is 0 Å². The summed E-state index contributed by atoms with van der Waals surface area (Å²) in [5.41, 5.74) is 3.51. The molecule has 4 aromatic rings. The van der Waals surface area contributed by atoms with Gasteiger partial charge in [-0.15, -0.1) is 0 Å². The molecular weight excluding hydrogens is 266 g/mol. The zero-order valence-corrected chi connectivity index (χ0v) is 12.5. The molecule has 1 nitrogen and oxygen atoms in total. The lowest BCUT2D eigenvalue weighted by Crippen LogP contribution is -1.90. The van der Waals surface area contributed by atoms with E-state index >= 15 is 0 Å². The molecule has 0 aliphatic carbocycles. The van der Waals surface area contributed by atoms with Crippen molar-refractivity contribution >= 4 is 32.9 Å². The summed E-state index contributed by atoms with van der Waals surface area (Å²) < 4.78 is 0. The van der Waals surface area contributed by atoms with E-state index in [1.54, 1.807) is 0 Å². The molecule has 0 aromatic heterocycles. The average Bonchev–Trinajstić information content (AvgIpc) is 2.57. The summed E-state index contributed by atoms with van der Waals surface area (Å²) >= 11 is 0. The lowest BCUT2D eigenvalue weighted by atomic mass is 10.0. The maximum atomic E-state index is 3.49. The molecule has 0 saturated carbocycles. The van der Waals surface area contributed by atoms with Gasteiger partial charge in [0.2, 0.25) is 0 Å². The first kappa shape index (κ1) is 12.9. The summed E-state index contributed by atoms with van der Waals surface area (Å²) in [6, 6.07) is 27.9. The van der Waals surface area contributed by atoms with Crippen LogP contribution in [0.1, 0.15) is 5.56 Å². The van der Waals surface area contributed by atoms with Crippen LogP contribution in [0.4, 0.5) is 11.4 Å². The summed E-state index contributed by atoms with van der Waals surface area (Å²) in [5, 5.41) is 8.63. The van der Waals surface area contributed by atoms with Gasteiger partial charge in [0.05, 0.1) is 0 Å². The number of nitrogens with one attached hydrogen (secondary N) is 1. The molecule has 0 aliphatic rings. The summed E-state index contributed by atoms with van der Waals surface area (Å²) in [5.74, 6) is 0. The van der Waals surface area contributed by atoms with E-state index in [1.807, 2.05) is 0 Å². The fraction of sp³-hybridized carbons (Fsp3) is 0.0476. The molecule has 0 radical (unpaired) electrons. The van der Waals surface area contributed by atoms with Crippen molar-refractivity contribution in [3.05, 3.63) is 84.4 Å². The fourth-order valence-electron chi connectivity index (χ4n) is 2.88. The van der Waals surface area contributed by atoms with Gasteiger partial charge in [-0.3, -0.25) is 0 Å². The van der Waals surface area contributed by atoms with Gasteiger partial charge in [-0.1, -0.05) is 60.2 Å². The average molecular weight is 283 g/mol. The quantitative estimate of drug-likeness (QED) is 0.442. The van der Waals surface area contributed by atoms with Crippen molar-refractivity contribution in [1.82, 2.24) is 0 Å². The first-order valence-corrected chi connectivity index (χ1v) is 7.55. The molecule has 1 N–H and O–H groups in total. The highest BCUT2D eigenvalue weighted by Crippen LogP contribution is 2.29. The van der Waals surface area contributed by atoms with Crippen molar-refractivity contribution in [3.8, 4) is 0 Å². The topological polar surface area (TPSA) is 12.0 Å². The Labute approximate surface area is 130 Å². The Morgan fingerprint density at radius 2 is 1.23 bits per heavy atom. The van der Waals surface area contributed by atoms with Gasteiger partial charge in [0, 0.05) is 11.4 Å². The second kappa shape index (κ2) is 5.19. The van der Waals surface area contributed by atoms with Crippen molar-refractivity contribution in [2.45, 2.75) is 6.92 Å². The van der Waals surface area contributed by atoms with Crippen LogP contribution in [0, 0.1) is 6.92 Å². The molecule has 22 heavy (non-hydrogen) atoms. The van der Waals surface area contributed by atoms with Crippen LogP contribution in [0.3, 0.4) is 0 Å². The van der Waals surface area contributed by atoms with Crippen LogP contribution in [0.25, 0.3) is 21.5 Å². The van der Waals surface area contributed by atoms with Gasteiger partial charge >= 0.3 is 0 Å². The SMILES string of the molecule is Cc1ccc(Nc2ccc3ccc4ccccc4c3c2)cc1. The molecule has 0 fully saturated rings. The van der Waals surface area contributed by atoms with Gasteiger partial charge < -0.3 is 5.32 Å². The first-order chi connectivity index (χ1) is 10.8. The number of rotatable bonds is 2. The van der Waals surface area contributed by atoms with E-state index in [0.29, 0.717) is 0 Å². The van der Waals surface area contributed by atoms with Gasteiger partial charge in [0.1, 0.15) is 0 Å². The molecule has 106 valence electrons. The minimum Gasteiger partial charge on any atom is -0.356 e. The predicted molar refractivity (Wildman–Crippen MR) is 95.9 cm³/mol. The van der Waals surface area contributed by atoms with E-state index in [-0.39, 0.29) is 0 Å². The highest BCUT2D eigenvalue weighted by molar-refractivity contribution is 6.08. The Hall–Kier alpha value is -2.80. The summed E-state index contributed by atoms with van der Waals surface area (Å²) in [6.45, 7) is 2.10. The van der Waals surface area contributed by atoms with Gasteiger partial charge in [0.25, 0.3) is 0 Å². The fourth-order valence-corrected chi connectivity index (χ4v) is 2.88. The molecule has 0 atom stereocenters. The molecule has 4 rings (SSSR count). The summed E-state index contributed by atoms with van der Waals surface area (Å²) in [6.07, 6.45) is 0. The maximum Gasteiger partial charge on any atom is 0.0390 e. The Bertz CT molecular complexity index is 952. The van der Waals surface area contributed by atoms with E-state index in [4.69, 9.17) is 0 Å². The number of fused-ring (bicyclic) bond motifs is 3. The minimum atomic E-state index is 1.12. The molecule has 1 heteroatoms. The van der Waals surface area contributed by atoms with Crippen LogP contribution >= 0.6 is 0 Å². The Morgan fingerprint density at radius 3 is 2.05 bits per heavy atom. The first-order valence-electron chi connectivity index (χ1n) is 7.55. The molecule has 0 heterocycles. The molecule has 0 aliphatic heterocycles. The van der Waals surface area contributed by atoms with E-state index in [1.165, 1.54) is 27.1 Å². The molecule has 0 saturated heterocycles. The predicted octanol–water partition coefficient (Wildman–Crippen LogP) is 6.05. The smallest absolute Gasteiger partial charge is 0.0390 e. The van der Waals surface area contributed by atoms with Gasteiger partial charge in [-0.25, -0.2) is 0 Å². The van der Waals surface area contributed by atoms with E-state index in [0.717, 1.165) is 11.4 Å². The van der Waals surface area contributed by atoms with Crippen molar-refractivity contribution in [2.75, 3.05) is 5.32 Å². The highest BCUT2D eigenvalue weighted by atomic mass is 14.9. The van der Waals surface area contributed by atoms with E-state index in [9.17, 15) is 0 Å². The standard InChI is InChI=1S/C21H17N/c1-15-6-11-18(12-7-15)22-19-13-10-17-9-8-16-4-2-3-5-20(16)21(17)14-19/h2-14,22H,1H3. The van der Waals surface area contributed by atoms with Crippen LogP contribution < -0.4 is 5.32 Å². The van der Waals surface area contributed by atoms with Crippen molar-refractivity contribution < 1.29 is 0 Å². The number of hydrogen-bond acceptors (Lipinski definition) is 1. The van der Waals surface area contributed by atoms with Crippen molar-refractivity contribution in [1.29, 1.82) is 0 Å². The normalized spacial score (nSPS) is 11.0. The molecule has 0 unspecified atom stereocenters. The highest BCUT2D eigenvalue weighted by Gasteiger charge is 2.02. The monoisotopic (exact) mass is 283 g/mol.